The van der Waals surface area contributed by atoms with Crippen LogP contribution in [0.4, 0.5) is 0 Å². The second-order valence-corrected chi connectivity index (χ2v) is 6.56. The average Bonchev–Trinajstić information content (AvgIpc) is 3.14. The fourth-order valence-corrected chi connectivity index (χ4v) is 3.39. The smallest absolute Gasteiger partial charge is 0.257 e. The Balaban J connectivity index is 0.00000182. The van der Waals surface area contributed by atoms with Crippen LogP contribution in [0.2, 0.25) is 0 Å². The van der Waals surface area contributed by atoms with Crippen molar-refractivity contribution in [2.45, 2.75) is 31.9 Å². The third-order valence-electron chi connectivity index (χ3n) is 4.68. The highest BCUT2D eigenvalue weighted by atomic mass is 35.5. The van der Waals surface area contributed by atoms with Gasteiger partial charge in [0.1, 0.15) is 6.10 Å². The van der Waals surface area contributed by atoms with Crippen LogP contribution in [0.15, 0.2) is 28.8 Å². The molecule has 25 heavy (non-hydrogen) atoms. The first-order chi connectivity index (χ1) is 11.9. The average molecular weight is 365 g/mol. The molecule has 0 amide bonds. The summed E-state index contributed by atoms with van der Waals surface area (Å²) in [6.45, 7) is 5.65. The summed E-state index contributed by atoms with van der Waals surface area (Å²) >= 11 is 0. The Bertz CT molecular complexity index is 667. The monoisotopic (exact) mass is 364 g/mol. The molecule has 1 atom stereocenters. The molecule has 0 spiro atoms. The number of hydrogen-bond acceptors (Lipinski definition) is 6. The molecule has 1 aromatic carbocycles. The largest absolute Gasteiger partial charge is 0.366 e. The van der Waals surface area contributed by atoms with Gasteiger partial charge < -0.3 is 14.6 Å². The number of rotatable bonds is 4. The maximum Gasteiger partial charge on any atom is 0.257 e. The Morgan fingerprint density at radius 3 is 2.88 bits per heavy atom. The SMILES string of the molecule is Cl.c1cc(CN2CCCCC2)cc(-c2noc([C@H]3CNCCO3)n2)c1. The molecule has 0 radical (unpaired) electrons. The summed E-state index contributed by atoms with van der Waals surface area (Å²) in [5.41, 5.74) is 2.31. The molecule has 0 aliphatic carbocycles. The molecule has 1 aromatic heterocycles. The van der Waals surface area contributed by atoms with Crippen LogP contribution in [0.1, 0.15) is 36.8 Å². The number of hydrogen-bond donors (Lipinski definition) is 1. The topological polar surface area (TPSA) is 63.4 Å². The predicted octanol–water partition coefficient (Wildman–Crippen LogP) is 2.81. The van der Waals surface area contributed by atoms with E-state index in [0.717, 1.165) is 25.2 Å². The highest BCUT2D eigenvalue weighted by Gasteiger charge is 2.22. The summed E-state index contributed by atoms with van der Waals surface area (Å²) in [6.07, 6.45) is 3.84. The van der Waals surface area contributed by atoms with E-state index in [-0.39, 0.29) is 18.5 Å². The minimum absolute atomic E-state index is 0. The molecule has 0 bridgehead atoms. The second kappa shape index (κ2) is 8.76. The van der Waals surface area contributed by atoms with Gasteiger partial charge in [-0.3, -0.25) is 4.90 Å². The second-order valence-electron chi connectivity index (χ2n) is 6.56. The Hall–Kier alpha value is -1.47. The fourth-order valence-electron chi connectivity index (χ4n) is 3.39. The van der Waals surface area contributed by atoms with Gasteiger partial charge in [0.15, 0.2) is 0 Å². The van der Waals surface area contributed by atoms with E-state index in [0.29, 0.717) is 18.3 Å². The first-order valence-corrected chi connectivity index (χ1v) is 8.86. The van der Waals surface area contributed by atoms with Crippen molar-refractivity contribution in [3.8, 4) is 11.4 Å². The zero-order chi connectivity index (χ0) is 16.2. The van der Waals surface area contributed by atoms with E-state index in [1.807, 2.05) is 6.07 Å². The van der Waals surface area contributed by atoms with Crippen LogP contribution in [-0.2, 0) is 11.3 Å². The molecule has 7 heteroatoms. The lowest BCUT2D eigenvalue weighted by Crippen LogP contribution is -2.33. The van der Waals surface area contributed by atoms with Crippen molar-refractivity contribution in [2.75, 3.05) is 32.8 Å². The highest BCUT2D eigenvalue weighted by Crippen LogP contribution is 2.23. The number of likely N-dealkylation sites (tertiary alicyclic amines) is 1. The summed E-state index contributed by atoms with van der Waals surface area (Å²) in [7, 11) is 0. The fraction of sp³-hybridized carbons (Fsp3) is 0.556. The number of piperidine rings is 1. The summed E-state index contributed by atoms with van der Waals surface area (Å²) in [6, 6.07) is 8.45. The Morgan fingerprint density at radius 1 is 1.20 bits per heavy atom. The molecule has 2 aliphatic rings. The van der Waals surface area contributed by atoms with E-state index in [1.165, 1.54) is 37.9 Å². The molecule has 0 saturated carbocycles. The quantitative estimate of drug-likeness (QED) is 0.900. The standard InChI is InChI=1S/C18H24N4O2.ClH/c1-2-8-22(9-3-1)13-14-5-4-6-15(11-14)17-20-18(24-21-17)16-12-19-7-10-23-16;/h4-6,11,16,19H,1-3,7-10,12-13H2;1H/t16-;/m1./s1. The number of benzene rings is 1. The third-order valence-corrected chi connectivity index (χ3v) is 4.68. The van der Waals surface area contributed by atoms with Gasteiger partial charge >= 0.3 is 0 Å². The van der Waals surface area contributed by atoms with Gasteiger partial charge in [-0.2, -0.15) is 4.98 Å². The highest BCUT2D eigenvalue weighted by molar-refractivity contribution is 5.85. The first-order valence-electron chi connectivity index (χ1n) is 8.86. The lowest BCUT2D eigenvalue weighted by atomic mass is 10.1. The predicted molar refractivity (Wildman–Crippen MR) is 97.7 cm³/mol. The van der Waals surface area contributed by atoms with Gasteiger partial charge in [0.2, 0.25) is 5.82 Å². The molecular weight excluding hydrogens is 340 g/mol. The molecule has 4 rings (SSSR count). The van der Waals surface area contributed by atoms with Crippen LogP contribution in [-0.4, -0.2) is 47.8 Å². The van der Waals surface area contributed by atoms with Crippen molar-refractivity contribution in [2.24, 2.45) is 0 Å². The molecule has 2 aliphatic heterocycles. The van der Waals surface area contributed by atoms with E-state index >= 15 is 0 Å². The van der Waals surface area contributed by atoms with Crippen molar-refractivity contribution in [1.82, 2.24) is 20.4 Å². The minimum atomic E-state index is -0.142. The zero-order valence-electron chi connectivity index (χ0n) is 14.3. The van der Waals surface area contributed by atoms with Gasteiger partial charge in [-0.15, -0.1) is 12.4 Å². The first kappa shape index (κ1) is 18.3. The molecule has 3 heterocycles. The maximum absolute atomic E-state index is 5.67. The van der Waals surface area contributed by atoms with Gasteiger partial charge in [0.05, 0.1) is 6.61 Å². The van der Waals surface area contributed by atoms with E-state index in [9.17, 15) is 0 Å². The van der Waals surface area contributed by atoms with Gasteiger partial charge in [-0.25, -0.2) is 0 Å². The van der Waals surface area contributed by atoms with E-state index in [2.05, 4.69) is 38.6 Å². The molecule has 136 valence electrons. The summed E-state index contributed by atoms with van der Waals surface area (Å²) < 4.78 is 11.1. The number of nitrogens with zero attached hydrogens (tertiary/aromatic N) is 3. The molecule has 1 N–H and O–H groups in total. The Morgan fingerprint density at radius 2 is 2.08 bits per heavy atom. The Kier molecular flexibility index (Phi) is 6.42. The van der Waals surface area contributed by atoms with Crippen molar-refractivity contribution in [1.29, 1.82) is 0 Å². The molecule has 0 unspecified atom stereocenters. The van der Waals surface area contributed by atoms with Crippen molar-refractivity contribution in [3.63, 3.8) is 0 Å². The number of halogens is 1. The minimum Gasteiger partial charge on any atom is -0.366 e. The molecule has 2 aromatic rings. The number of ether oxygens (including phenoxy) is 1. The van der Waals surface area contributed by atoms with E-state index in [1.54, 1.807) is 0 Å². The van der Waals surface area contributed by atoms with Gasteiger partial charge in [-0.05, 0) is 37.6 Å². The van der Waals surface area contributed by atoms with Crippen LogP contribution in [0, 0.1) is 0 Å². The van der Waals surface area contributed by atoms with Crippen molar-refractivity contribution < 1.29 is 9.26 Å². The summed E-state index contributed by atoms with van der Waals surface area (Å²) in [5, 5.41) is 7.42. The zero-order valence-corrected chi connectivity index (χ0v) is 15.1. The molecule has 6 nitrogen and oxygen atoms in total. The summed E-state index contributed by atoms with van der Waals surface area (Å²) in [5.74, 6) is 1.19. The maximum atomic E-state index is 5.67. The van der Waals surface area contributed by atoms with Crippen LogP contribution >= 0.6 is 12.4 Å². The van der Waals surface area contributed by atoms with Crippen molar-refractivity contribution >= 4 is 12.4 Å². The van der Waals surface area contributed by atoms with Gasteiger partial charge in [0, 0.05) is 25.2 Å². The van der Waals surface area contributed by atoms with Gasteiger partial charge in [-0.1, -0.05) is 29.8 Å². The lowest BCUT2D eigenvalue weighted by Gasteiger charge is -2.26. The van der Waals surface area contributed by atoms with Gasteiger partial charge in [0.25, 0.3) is 5.89 Å². The van der Waals surface area contributed by atoms with E-state index < -0.39 is 0 Å². The normalized spacial score (nSPS) is 21.7. The van der Waals surface area contributed by atoms with Crippen molar-refractivity contribution in [3.05, 3.63) is 35.7 Å². The Labute approximate surface area is 154 Å². The number of morpholine rings is 1. The number of nitrogens with one attached hydrogen (secondary N) is 1. The van der Waals surface area contributed by atoms with E-state index in [4.69, 9.17) is 9.26 Å². The lowest BCUT2D eigenvalue weighted by molar-refractivity contribution is 0.00755. The number of aromatic nitrogens is 2. The molecule has 2 fully saturated rings. The summed E-state index contributed by atoms with van der Waals surface area (Å²) in [4.78, 5) is 7.06. The van der Waals surface area contributed by atoms with Crippen LogP contribution in [0.3, 0.4) is 0 Å². The third kappa shape index (κ3) is 4.58. The van der Waals surface area contributed by atoms with Crippen LogP contribution < -0.4 is 5.32 Å². The van der Waals surface area contributed by atoms with Crippen LogP contribution in [0.5, 0.6) is 0 Å². The molecule has 2 saturated heterocycles. The van der Waals surface area contributed by atoms with Crippen LogP contribution in [0.25, 0.3) is 11.4 Å². The molecular formula is C18H25ClN4O2.